The van der Waals surface area contributed by atoms with Crippen LogP contribution in [0.25, 0.3) is 0 Å². The van der Waals surface area contributed by atoms with Crippen molar-refractivity contribution in [3.05, 3.63) is 39.2 Å². The van der Waals surface area contributed by atoms with E-state index in [1.54, 1.807) is 12.3 Å². The SMILES string of the molecule is CC(Cc1ccc(Cl)nc1)C[SH](C)(O)=[N+]([O-])N=O. The number of nitroso groups, excluding NO2 is 1. The van der Waals surface area contributed by atoms with Gasteiger partial charge in [-0.1, -0.05) is 29.5 Å². The van der Waals surface area contributed by atoms with Crippen LogP contribution < -0.4 is 0 Å². The van der Waals surface area contributed by atoms with Crippen molar-refractivity contribution in [3.8, 4) is 0 Å². The third kappa shape index (κ3) is 4.41. The maximum Gasteiger partial charge on any atom is 0.251 e. The number of rotatable bonds is 5. The van der Waals surface area contributed by atoms with Gasteiger partial charge in [0.15, 0.2) is 0 Å². The average molecular weight is 294 g/mol. The third-order valence-corrected chi connectivity index (χ3v) is 4.82. The van der Waals surface area contributed by atoms with Crippen molar-refractivity contribution in [1.82, 2.24) is 4.98 Å². The molecular weight excluding hydrogens is 278 g/mol. The summed E-state index contributed by atoms with van der Waals surface area (Å²) in [5, 5.41) is 13.7. The Bertz CT molecular complexity index is 472. The molecule has 1 aromatic rings. The van der Waals surface area contributed by atoms with Crippen LogP contribution >= 0.6 is 11.6 Å². The van der Waals surface area contributed by atoms with E-state index < -0.39 is 10.1 Å². The predicted octanol–water partition coefficient (Wildman–Crippen LogP) is 2.28. The van der Waals surface area contributed by atoms with Crippen molar-refractivity contribution in [1.29, 1.82) is 0 Å². The second-order valence-electron chi connectivity index (χ2n) is 4.40. The molecule has 0 aliphatic carbocycles. The van der Waals surface area contributed by atoms with Crippen molar-refractivity contribution in [3.63, 3.8) is 0 Å². The van der Waals surface area contributed by atoms with Crippen LogP contribution in [-0.4, -0.2) is 25.8 Å². The fraction of sp³-hybridized carbons (Fsp3) is 0.500. The van der Waals surface area contributed by atoms with Crippen LogP contribution in [0.4, 0.5) is 0 Å². The molecule has 8 heteroatoms. The standard InChI is InChI=1S/C10H16ClN3O3S/c1-8(7-18(2,17)14(16)13-15)5-9-3-4-10(11)12-6-9/h3-4,6,8,17-18H,5,7H2,1-2H3. The van der Waals surface area contributed by atoms with Crippen LogP contribution in [0.5, 0.6) is 0 Å². The van der Waals surface area contributed by atoms with Gasteiger partial charge in [-0.15, -0.1) is 0 Å². The Morgan fingerprint density at radius 2 is 2.33 bits per heavy atom. The lowest BCUT2D eigenvalue weighted by Crippen LogP contribution is -2.27. The van der Waals surface area contributed by atoms with Crippen molar-refractivity contribution < 1.29 is 8.77 Å². The van der Waals surface area contributed by atoms with E-state index >= 15 is 0 Å². The van der Waals surface area contributed by atoms with E-state index in [0.717, 1.165) is 5.56 Å². The van der Waals surface area contributed by atoms with E-state index in [1.165, 1.54) is 6.26 Å². The monoisotopic (exact) mass is 293 g/mol. The summed E-state index contributed by atoms with van der Waals surface area (Å²) in [7, 11) is -2.98. The maximum absolute atomic E-state index is 11.1. The summed E-state index contributed by atoms with van der Waals surface area (Å²) in [4.78, 5) is 14.1. The maximum atomic E-state index is 11.1. The van der Waals surface area contributed by atoms with E-state index in [0.29, 0.717) is 11.6 Å². The largest absolute Gasteiger partial charge is 0.512 e. The minimum Gasteiger partial charge on any atom is -0.512 e. The molecule has 0 fully saturated rings. The molecule has 0 radical (unpaired) electrons. The van der Waals surface area contributed by atoms with Crippen LogP contribution in [-0.2, 0) is 16.5 Å². The summed E-state index contributed by atoms with van der Waals surface area (Å²) in [6.45, 7) is 1.89. The summed E-state index contributed by atoms with van der Waals surface area (Å²) in [6, 6.07) is 3.52. The molecule has 0 aliphatic heterocycles. The number of hydrogen-bond acceptors (Lipinski definition) is 3. The molecule has 0 spiro atoms. The Labute approximate surface area is 111 Å². The van der Waals surface area contributed by atoms with Gasteiger partial charge in [0.05, 0.1) is 0 Å². The Kier molecular flexibility index (Phi) is 5.33. The van der Waals surface area contributed by atoms with Crippen LogP contribution in [0.1, 0.15) is 12.5 Å². The van der Waals surface area contributed by atoms with E-state index in [1.807, 2.05) is 13.0 Å². The molecule has 0 amide bonds. The summed E-state index contributed by atoms with van der Waals surface area (Å²) < 4.78 is 9.76. The zero-order valence-electron chi connectivity index (χ0n) is 10.2. The topological polar surface area (TPSA) is 88.6 Å². The predicted molar refractivity (Wildman–Crippen MR) is 73.7 cm³/mol. The molecule has 0 saturated carbocycles. The molecule has 6 nitrogen and oxygen atoms in total. The van der Waals surface area contributed by atoms with Gasteiger partial charge in [0.1, 0.15) is 5.15 Å². The highest BCUT2D eigenvalue weighted by Crippen LogP contribution is 2.14. The first kappa shape index (κ1) is 15.2. The lowest BCUT2D eigenvalue weighted by molar-refractivity contribution is -0.445. The zero-order valence-corrected chi connectivity index (χ0v) is 11.8. The highest BCUT2D eigenvalue weighted by Gasteiger charge is 2.16. The summed E-state index contributed by atoms with van der Waals surface area (Å²) >= 11 is 5.67. The van der Waals surface area contributed by atoms with Gasteiger partial charge >= 0.3 is 0 Å². The lowest BCUT2D eigenvalue weighted by Gasteiger charge is -2.20. The fourth-order valence-corrected chi connectivity index (χ4v) is 3.45. The molecule has 1 aromatic heterocycles. The fourth-order valence-electron chi connectivity index (χ4n) is 1.73. The second kappa shape index (κ2) is 6.33. The van der Waals surface area contributed by atoms with E-state index in [9.17, 15) is 14.7 Å². The Morgan fingerprint density at radius 1 is 1.67 bits per heavy atom. The molecule has 1 unspecified atom stereocenters. The smallest absolute Gasteiger partial charge is 0.251 e. The normalized spacial score (nSPS) is 14.1. The molecule has 1 rings (SSSR count). The third-order valence-electron chi connectivity index (χ3n) is 2.47. The lowest BCUT2D eigenvalue weighted by atomic mass is 10.1. The van der Waals surface area contributed by atoms with E-state index in [2.05, 4.69) is 10.3 Å². The van der Waals surface area contributed by atoms with Crippen molar-refractivity contribution in [2.24, 2.45) is 11.2 Å². The van der Waals surface area contributed by atoms with Gasteiger partial charge in [-0.3, -0.25) is 0 Å². The van der Waals surface area contributed by atoms with Gasteiger partial charge in [-0.05, 0) is 28.2 Å². The second-order valence-corrected chi connectivity index (χ2v) is 7.68. The van der Waals surface area contributed by atoms with Gasteiger partial charge in [0.25, 0.3) is 5.29 Å². The number of thiol groups is 1. The van der Waals surface area contributed by atoms with Crippen molar-refractivity contribution in [2.75, 3.05) is 12.0 Å². The molecule has 0 aromatic carbocycles. The number of nitrogens with zero attached hydrogens (tertiary/aromatic N) is 3. The van der Waals surface area contributed by atoms with Crippen LogP contribution in [0.3, 0.4) is 0 Å². The molecule has 1 heterocycles. The van der Waals surface area contributed by atoms with Crippen LogP contribution in [0, 0.1) is 16.0 Å². The number of halogens is 1. The number of hydrogen-bond donors (Lipinski definition) is 2. The van der Waals surface area contributed by atoms with E-state index in [4.69, 9.17) is 11.6 Å². The molecule has 18 heavy (non-hydrogen) atoms. The Balaban J connectivity index is 2.70. The minimum atomic E-state index is -2.98. The highest BCUT2D eigenvalue weighted by molar-refractivity contribution is 7.97. The van der Waals surface area contributed by atoms with Crippen molar-refractivity contribution >= 4 is 21.7 Å². The average Bonchev–Trinajstić information content (AvgIpc) is 2.30. The molecule has 1 N–H and O–H groups in total. The summed E-state index contributed by atoms with van der Waals surface area (Å²) in [6.07, 6.45) is 3.67. The minimum absolute atomic E-state index is 0.0366. The quantitative estimate of drug-likeness (QED) is 0.286. The molecule has 102 valence electrons. The van der Waals surface area contributed by atoms with Crippen LogP contribution in [0.2, 0.25) is 5.15 Å². The van der Waals surface area contributed by atoms with E-state index in [-0.39, 0.29) is 15.9 Å². The molecular formula is C10H16ClN3O3S. The number of aromatic nitrogens is 1. The van der Waals surface area contributed by atoms with Crippen molar-refractivity contribution in [2.45, 2.75) is 13.3 Å². The Hall–Kier alpha value is -0.890. The van der Waals surface area contributed by atoms with Gasteiger partial charge in [0.2, 0.25) is 0 Å². The first-order valence-electron chi connectivity index (χ1n) is 5.35. The molecule has 0 aliphatic rings. The summed E-state index contributed by atoms with van der Waals surface area (Å²) in [5.41, 5.74) is 0.961. The van der Waals surface area contributed by atoms with Gasteiger partial charge < -0.3 is 9.76 Å². The number of pyridine rings is 1. The molecule has 1 atom stereocenters. The first-order chi connectivity index (χ1) is 8.35. The van der Waals surface area contributed by atoms with Gasteiger partial charge in [-0.2, -0.15) is 0 Å². The summed E-state index contributed by atoms with van der Waals surface area (Å²) in [5.74, 6) is 0.278. The first-order valence-corrected chi connectivity index (χ1v) is 8.05. The van der Waals surface area contributed by atoms with Gasteiger partial charge in [-0.25, -0.2) is 4.98 Å². The van der Waals surface area contributed by atoms with Gasteiger partial charge in [0, 0.05) is 28.3 Å². The van der Waals surface area contributed by atoms with Crippen LogP contribution in [0.15, 0.2) is 23.6 Å². The zero-order chi connectivity index (χ0) is 13.8. The molecule has 0 bridgehead atoms. The highest BCUT2D eigenvalue weighted by atomic mass is 35.5. The molecule has 0 saturated heterocycles. The Morgan fingerprint density at radius 3 is 2.83 bits per heavy atom.